The molecule has 10 nitrogen and oxygen atoms in total. The maximum atomic E-state index is 12.3. The van der Waals surface area contributed by atoms with Crippen LogP contribution < -0.4 is 16.1 Å². The maximum Gasteiger partial charge on any atom is 0.344 e. The number of nitrogens with one attached hydrogen (secondary N) is 3. The van der Waals surface area contributed by atoms with Gasteiger partial charge in [-0.1, -0.05) is 6.92 Å². The molecule has 1 aromatic rings. The second-order valence-corrected chi connectivity index (χ2v) is 8.44. The summed E-state index contributed by atoms with van der Waals surface area (Å²) < 4.78 is 0. The summed E-state index contributed by atoms with van der Waals surface area (Å²) in [4.78, 5) is 55.6. The fraction of sp³-hybridized carbons (Fsp3) is 0.611. The molecule has 1 atom stereocenters. The van der Waals surface area contributed by atoms with Crippen LogP contribution >= 0.6 is 11.3 Å². The zero-order valence-electron chi connectivity index (χ0n) is 16.8. The number of hydrogen-bond donors (Lipinski definition) is 3. The molecule has 2 aliphatic heterocycles. The molecule has 0 spiro atoms. The van der Waals surface area contributed by atoms with Crippen LogP contribution in [0.4, 0.5) is 4.79 Å². The van der Waals surface area contributed by atoms with Crippen LogP contribution in [0.15, 0.2) is 5.51 Å². The molecule has 2 fully saturated rings. The number of piperidine rings is 1. The minimum absolute atomic E-state index is 0.0412. The molecular formula is C18H26N6O4S. The molecule has 0 saturated carbocycles. The highest BCUT2D eigenvalue weighted by atomic mass is 32.1. The Morgan fingerprint density at radius 1 is 1.34 bits per heavy atom. The van der Waals surface area contributed by atoms with Crippen molar-refractivity contribution in [3.63, 3.8) is 0 Å². The average molecular weight is 423 g/mol. The first-order valence-corrected chi connectivity index (χ1v) is 10.5. The normalized spacial score (nSPS) is 23.2. The van der Waals surface area contributed by atoms with Crippen molar-refractivity contribution in [2.45, 2.75) is 51.6 Å². The first-order chi connectivity index (χ1) is 13.7. The number of urea groups is 1. The van der Waals surface area contributed by atoms with Gasteiger partial charge in [-0.3, -0.25) is 24.7 Å². The van der Waals surface area contributed by atoms with Crippen LogP contribution in [0.25, 0.3) is 0 Å². The lowest BCUT2D eigenvalue weighted by Crippen LogP contribution is -2.52. The molecule has 3 rings (SSSR count). The highest BCUT2D eigenvalue weighted by molar-refractivity contribution is 7.11. The van der Waals surface area contributed by atoms with Crippen molar-refractivity contribution in [1.29, 1.82) is 0 Å². The number of carbonyl (C=O) groups excluding carboxylic acids is 4. The van der Waals surface area contributed by atoms with Gasteiger partial charge in [0.25, 0.3) is 17.7 Å². The zero-order valence-corrected chi connectivity index (χ0v) is 17.6. The lowest BCUT2D eigenvalue weighted by Gasteiger charge is -2.32. The van der Waals surface area contributed by atoms with Crippen molar-refractivity contribution in [1.82, 2.24) is 31.0 Å². The smallest absolute Gasteiger partial charge is 0.344 e. The predicted molar refractivity (Wildman–Crippen MR) is 106 cm³/mol. The molecule has 1 unspecified atom stereocenters. The second-order valence-electron chi connectivity index (χ2n) is 7.58. The van der Waals surface area contributed by atoms with E-state index in [1.165, 1.54) is 11.3 Å². The van der Waals surface area contributed by atoms with Crippen LogP contribution in [0, 0.1) is 6.92 Å². The molecule has 0 aliphatic carbocycles. The van der Waals surface area contributed by atoms with Gasteiger partial charge in [0.1, 0.15) is 10.4 Å². The lowest BCUT2D eigenvalue weighted by atomic mass is 10.00. The molecule has 3 N–H and O–H groups in total. The van der Waals surface area contributed by atoms with Gasteiger partial charge in [-0.2, -0.15) is 5.01 Å². The third-order valence-electron chi connectivity index (χ3n) is 5.45. The number of aromatic nitrogens is 1. The zero-order chi connectivity index (χ0) is 21.2. The van der Waals surface area contributed by atoms with Crippen molar-refractivity contribution >= 4 is 35.1 Å². The van der Waals surface area contributed by atoms with E-state index in [2.05, 4.69) is 21.0 Å². The monoisotopic (exact) mass is 422 g/mol. The molecular weight excluding hydrogens is 396 g/mol. The number of rotatable bonds is 6. The number of thiazole rings is 1. The van der Waals surface area contributed by atoms with Gasteiger partial charge in [0.2, 0.25) is 0 Å². The van der Waals surface area contributed by atoms with Crippen molar-refractivity contribution in [2.75, 3.05) is 19.6 Å². The van der Waals surface area contributed by atoms with Gasteiger partial charge >= 0.3 is 6.03 Å². The van der Waals surface area contributed by atoms with Gasteiger partial charge in [0.05, 0.1) is 17.7 Å². The van der Waals surface area contributed by atoms with E-state index in [4.69, 9.17) is 0 Å². The Morgan fingerprint density at radius 2 is 2.03 bits per heavy atom. The molecule has 2 aliphatic rings. The van der Waals surface area contributed by atoms with Crippen LogP contribution in [0.5, 0.6) is 0 Å². The van der Waals surface area contributed by atoms with E-state index >= 15 is 0 Å². The van der Waals surface area contributed by atoms with Crippen molar-refractivity contribution in [2.24, 2.45) is 0 Å². The largest absolute Gasteiger partial charge is 0.348 e. The van der Waals surface area contributed by atoms with Crippen LogP contribution in [-0.2, 0) is 9.59 Å². The van der Waals surface area contributed by atoms with Crippen molar-refractivity contribution in [3.05, 3.63) is 16.1 Å². The van der Waals surface area contributed by atoms with Crippen molar-refractivity contribution in [3.8, 4) is 0 Å². The highest BCUT2D eigenvalue weighted by Gasteiger charge is 2.47. The van der Waals surface area contributed by atoms with Crippen LogP contribution in [0.3, 0.4) is 0 Å². The molecule has 3 heterocycles. The van der Waals surface area contributed by atoms with Crippen molar-refractivity contribution < 1.29 is 19.2 Å². The van der Waals surface area contributed by atoms with E-state index in [1.807, 2.05) is 4.90 Å². The Morgan fingerprint density at radius 3 is 2.59 bits per heavy atom. The SMILES string of the molecule is CCC1(C)NC(=O)N(NC(=O)CN2CCC(NC(=O)c3scnc3C)CC2)C1=O. The van der Waals surface area contributed by atoms with E-state index in [-0.39, 0.29) is 18.5 Å². The molecule has 0 bridgehead atoms. The van der Waals surface area contributed by atoms with Gasteiger partial charge in [-0.05, 0) is 33.1 Å². The summed E-state index contributed by atoms with van der Waals surface area (Å²) in [5.41, 5.74) is 3.79. The van der Waals surface area contributed by atoms with Crippen LogP contribution in [0.2, 0.25) is 0 Å². The first kappa shape index (κ1) is 21.2. The molecule has 158 valence electrons. The Balaban J connectivity index is 1.44. The van der Waals surface area contributed by atoms with Gasteiger partial charge in [-0.15, -0.1) is 11.3 Å². The molecule has 1 aromatic heterocycles. The minimum Gasteiger partial charge on any atom is -0.348 e. The summed E-state index contributed by atoms with van der Waals surface area (Å²) in [7, 11) is 0. The summed E-state index contributed by atoms with van der Waals surface area (Å²) in [5.74, 6) is -0.992. The quantitative estimate of drug-likeness (QED) is 0.570. The number of aryl methyl sites for hydroxylation is 1. The topological polar surface area (TPSA) is 124 Å². The Kier molecular flexibility index (Phi) is 6.18. The fourth-order valence-electron chi connectivity index (χ4n) is 3.39. The third kappa shape index (κ3) is 4.56. The molecule has 5 amide bonds. The molecule has 2 saturated heterocycles. The molecule has 29 heavy (non-hydrogen) atoms. The number of imide groups is 1. The number of hydrogen-bond acceptors (Lipinski definition) is 7. The second kappa shape index (κ2) is 8.46. The summed E-state index contributed by atoms with van der Waals surface area (Å²) in [5, 5.41) is 6.37. The minimum atomic E-state index is -0.989. The highest BCUT2D eigenvalue weighted by Crippen LogP contribution is 2.19. The van der Waals surface area contributed by atoms with Crippen LogP contribution in [-0.4, -0.2) is 69.9 Å². The standard InChI is InChI=1S/C18H26N6O4S/c1-4-18(3)16(27)24(17(28)21-18)22-13(25)9-23-7-5-12(6-8-23)20-15(26)14-11(2)19-10-29-14/h10,12H,4-9H2,1-3H3,(H,20,26)(H,21,28)(H,22,25). The molecule has 11 heteroatoms. The maximum absolute atomic E-state index is 12.3. The first-order valence-electron chi connectivity index (χ1n) is 9.63. The number of carbonyl (C=O) groups is 4. The Hall–Kier alpha value is -2.53. The predicted octanol–water partition coefficient (Wildman–Crippen LogP) is 0.397. The number of likely N-dealkylation sites (tertiary alicyclic amines) is 1. The van der Waals surface area contributed by atoms with Crippen LogP contribution in [0.1, 0.15) is 48.5 Å². The van der Waals surface area contributed by atoms with E-state index in [9.17, 15) is 19.2 Å². The van der Waals surface area contributed by atoms with Gasteiger partial charge in [0, 0.05) is 19.1 Å². The third-order valence-corrected chi connectivity index (χ3v) is 6.37. The van der Waals surface area contributed by atoms with E-state index in [1.54, 1.807) is 26.3 Å². The van der Waals surface area contributed by atoms with E-state index in [0.717, 1.165) is 10.7 Å². The lowest BCUT2D eigenvalue weighted by molar-refractivity contribution is -0.139. The number of nitrogens with zero attached hydrogens (tertiary/aromatic N) is 3. The van der Waals surface area contributed by atoms with Gasteiger partial charge in [0.15, 0.2) is 0 Å². The molecule has 0 radical (unpaired) electrons. The summed E-state index contributed by atoms with van der Waals surface area (Å²) in [6, 6.07) is -0.577. The number of amides is 5. The molecule has 0 aromatic carbocycles. The Bertz CT molecular complexity index is 819. The fourth-order valence-corrected chi connectivity index (χ4v) is 4.10. The van der Waals surface area contributed by atoms with E-state index < -0.39 is 23.4 Å². The number of hydrazine groups is 1. The van der Waals surface area contributed by atoms with Gasteiger partial charge < -0.3 is 10.6 Å². The van der Waals surface area contributed by atoms with E-state index in [0.29, 0.717) is 37.2 Å². The summed E-state index contributed by atoms with van der Waals surface area (Å²) in [6.45, 7) is 6.57. The Labute approximate surface area is 173 Å². The average Bonchev–Trinajstić information content (AvgIpc) is 3.20. The summed E-state index contributed by atoms with van der Waals surface area (Å²) >= 11 is 1.32. The summed E-state index contributed by atoms with van der Waals surface area (Å²) in [6.07, 6.45) is 1.87. The van der Waals surface area contributed by atoms with Gasteiger partial charge in [-0.25, -0.2) is 9.78 Å².